The summed E-state index contributed by atoms with van der Waals surface area (Å²) in [5.74, 6) is 1.04. The summed E-state index contributed by atoms with van der Waals surface area (Å²) < 4.78 is 18.6. The average molecular weight is 344 g/mol. The monoisotopic (exact) mass is 344 g/mol. The van der Waals surface area contributed by atoms with Gasteiger partial charge in [0.2, 0.25) is 0 Å². The van der Waals surface area contributed by atoms with Gasteiger partial charge < -0.3 is 14.2 Å². The second kappa shape index (κ2) is 5.83. The first-order valence-corrected chi connectivity index (χ1v) is 8.42. The molecule has 3 aromatic rings. The molecule has 1 atom stereocenters. The van der Waals surface area contributed by atoms with Gasteiger partial charge in [-0.05, 0) is 25.1 Å². The minimum Gasteiger partial charge on any atom is -0.486 e. The topological polar surface area (TPSA) is 62.6 Å². The fraction of sp³-hybridized carbons (Fsp3) is 0.294. The van der Waals surface area contributed by atoms with E-state index in [1.165, 1.54) is 11.3 Å². The standard InChI is InChI=1S/C17H16N2O4S/c1-10-12-7-15(24-16(12)19(2)18-10)17(20)22-9-11-8-21-13-5-3-4-6-14(13)23-11/h3-7,11H,8-9H2,1-2H3. The Hall–Kier alpha value is -2.54. The molecular formula is C17H16N2O4S. The van der Waals surface area contributed by atoms with Gasteiger partial charge in [-0.1, -0.05) is 12.1 Å². The molecule has 1 unspecified atom stereocenters. The van der Waals surface area contributed by atoms with Crippen LogP contribution in [0.4, 0.5) is 0 Å². The summed E-state index contributed by atoms with van der Waals surface area (Å²) in [6, 6.07) is 9.29. The number of aryl methyl sites for hydroxylation is 2. The summed E-state index contributed by atoms with van der Waals surface area (Å²) >= 11 is 1.38. The molecule has 24 heavy (non-hydrogen) atoms. The summed E-state index contributed by atoms with van der Waals surface area (Å²) in [5, 5.41) is 5.32. The van der Waals surface area contributed by atoms with Crippen LogP contribution < -0.4 is 9.47 Å². The molecule has 4 rings (SSSR count). The number of esters is 1. The van der Waals surface area contributed by atoms with Gasteiger partial charge in [0.05, 0.1) is 5.69 Å². The van der Waals surface area contributed by atoms with E-state index in [9.17, 15) is 4.79 Å². The molecule has 0 N–H and O–H groups in total. The van der Waals surface area contributed by atoms with Crippen molar-refractivity contribution in [3.63, 3.8) is 0 Å². The van der Waals surface area contributed by atoms with Gasteiger partial charge in [0.1, 0.15) is 22.9 Å². The summed E-state index contributed by atoms with van der Waals surface area (Å²) in [6.45, 7) is 2.44. The number of para-hydroxylation sites is 2. The quantitative estimate of drug-likeness (QED) is 0.684. The second-order valence-corrected chi connectivity index (χ2v) is 6.67. The number of benzene rings is 1. The molecule has 124 valence electrons. The fourth-order valence-electron chi connectivity index (χ4n) is 2.69. The molecule has 1 aliphatic rings. The highest BCUT2D eigenvalue weighted by molar-refractivity contribution is 7.20. The van der Waals surface area contributed by atoms with Gasteiger partial charge in [0, 0.05) is 12.4 Å². The van der Waals surface area contributed by atoms with Crippen LogP contribution in [0.2, 0.25) is 0 Å². The maximum absolute atomic E-state index is 12.3. The summed E-state index contributed by atoms with van der Waals surface area (Å²) in [4.78, 5) is 13.8. The molecule has 1 aromatic carbocycles. The van der Waals surface area contributed by atoms with E-state index in [1.54, 1.807) is 4.68 Å². The molecule has 0 spiro atoms. The van der Waals surface area contributed by atoms with Crippen LogP contribution in [-0.2, 0) is 11.8 Å². The van der Waals surface area contributed by atoms with Crippen LogP contribution in [0.5, 0.6) is 11.5 Å². The first-order valence-electron chi connectivity index (χ1n) is 7.60. The number of rotatable bonds is 3. The summed E-state index contributed by atoms with van der Waals surface area (Å²) in [5.41, 5.74) is 0.906. The van der Waals surface area contributed by atoms with Crippen molar-refractivity contribution in [1.29, 1.82) is 0 Å². The molecule has 0 bridgehead atoms. The second-order valence-electron chi connectivity index (χ2n) is 5.63. The number of nitrogens with zero attached hydrogens (tertiary/aromatic N) is 2. The lowest BCUT2D eigenvalue weighted by atomic mass is 10.2. The molecule has 1 aliphatic heterocycles. The number of hydrogen-bond acceptors (Lipinski definition) is 6. The van der Waals surface area contributed by atoms with E-state index in [0.29, 0.717) is 23.0 Å². The van der Waals surface area contributed by atoms with Crippen molar-refractivity contribution in [2.45, 2.75) is 13.0 Å². The number of ether oxygens (including phenoxy) is 3. The number of fused-ring (bicyclic) bond motifs is 2. The van der Waals surface area contributed by atoms with Crippen molar-refractivity contribution in [3.05, 3.63) is 40.9 Å². The van der Waals surface area contributed by atoms with E-state index in [0.717, 1.165) is 15.9 Å². The van der Waals surface area contributed by atoms with Crippen molar-refractivity contribution in [3.8, 4) is 11.5 Å². The van der Waals surface area contributed by atoms with Crippen molar-refractivity contribution in [2.24, 2.45) is 7.05 Å². The Balaban J connectivity index is 1.42. The highest BCUT2D eigenvalue weighted by atomic mass is 32.1. The van der Waals surface area contributed by atoms with Crippen LogP contribution in [0.1, 0.15) is 15.4 Å². The lowest BCUT2D eigenvalue weighted by Gasteiger charge is -2.25. The average Bonchev–Trinajstić information content (AvgIpc) is 3.14. The first kappa shape index (κ1) is 15.0. The van der Waals surface area contributed by atoms with E-state index < -0.39 is 0 Å². The summed E-state index contributed by atoms with van der Waals surface area (Å²) in [7, 11) is 1.87. The number of carbonyl (C=O) groups is 1. The Kier molecular flexibility index (Phi) is 3.65. The third-order valence-corrected chi connectivity index (χ3v) is 5.05. The van der Waals surface area contributed by atoms with Crippen LogP contribution in [0.3, 0.4) is 0 Å². The molecule has 0 radical (unpaired) electrons. The summed E-state index contributed by atoms with van der Waals surface area (Å²) in [6.07, 6.45) is -0.304. The zero-order chi connectivity index (χ0) is 16.7. The third kappa shape index (κ3) is 2.60. The largest absolute Gasteiger partial charge is 0.486 e. The van der Waals surface area contributed by atoms with Gasteiger partial charge in [-0.3, -0.25) is 4.68 Å². The fourth-order valence-corrected chi connectivity index (χ4v) is 3.71. The number of carbonyl (C=O) groups excluding carboxylic acids is 1. The van der Waals surface area contributed by atoms with Crippen molar-refractivity contribution in [2.75, 3.05) is 13.2 Å². The van der Waals surface area contributed by atoms with E-state index in [-0.39, 0.29) is 18.7 Å². The van der Waals surface area contributed by atoms with E-state index in [2.05, 4.69) is 5.10 Å². The van der Waals surface area contributed by atoms with Crippen LogP contribution in [-0.4, -0.2) is 35.1 Å². The number of hydrogen-bond donors (Lipinski definition) is 0. The Labute approximate surface area is 142 Å². The molecule has 6 nitrogen and oxygen atoms in total. The van der Waals surface area contributed by atoms with E-state index in [1.807, 2.05) is 44.3 Å². The van der Waals surface area contributed by atoms with Crippen LogP contribution in [0, 0.1) is 6.92 Å². The molecule has 0 fully saturated rings. The van der Waals surface area contributed by atoms with Gasteiger partial charge >= 0.3 is 5.97 Å². The lowest BCUT2D eigenvalue weighted by molar-refractivity contribution is 0.0113. The predicted octanol–water partition coefficient (Wildman–Crippen LogP) is 2.94. The van der Waals surface area contributed by atoms with Crippen molar-refractivity contribution < 1.29 is 19.0 Å². The highest BCUT2D eigenvalue weighted by Gasteiger charge is 2.23. The SMILES string of the molecule is Cc1nn(C)c2sc(C(=O)OCC3COc4ccccc4O3)cc12. The lowest BCUT2D eigenvalue weighted by Crippen LogP contribution is -2.34. The smallest absolute Gasteiger partial charge is 0.348 e. The van der Waals surface area contributed by atoms with Gasteiger partial charge in [0.25, 0.3) is 0 Å². The minimum atomic E-state index is -0.349. The Bertz CT molecular complexity index is 880. The van der Waals surface area contributed by atoms with Gasteiger partial charge in [-0.25, -0.2) is 4.79 Å². The highest BCUT2D eigenvalue weighted by Crippen LogP contribution is 2.31. The van der Waals surface area contributed by atoms with Gasteiger partial charge in [-0.15, -0.1) is 11.3 Å². The number of thiophene rings is 1. The molecule has 0 aliphatic carbocycles. The first-order chi connectivity index (χ1) is 11.6. The Morgan fingerprint density at radius 2 is 2.21 bits per heavy atom. The van der Waals surface area contributed by atoms with Crippen LogP contribution >= 0.6 is 11.3 Å². The Morgan fingerprint density at radius 3 is 3.00 bits per heavy atom. The molecule has 0 saturated heterocycles. The zero-order valence-corrected chi connectivity index (χ0v) is 14.1. The van der Waals surface area contributed by atoms with E-state index >= 15 is 0 Å². The Morgan fingerprint density at radius 1 is 1.42 bits per heavy atom. The number of aromatic nitrogens is 2. The molecule has 0 saturated carbocycles. The normalized spacial score (nSPS) is 16.3. The zero-order valence-electron chi connectivity index (χ0n) is 13.3. The van der Waals surface area contributed by atoms with Crippen LogP contribution in [0.25, 0.3) is 10.2 Å². The van der Waals surface area contributed by atoms with E-state index in [4.69, 9.17) is 14.2 Å². The third-order valence-electron chi connectivity index (χ3n) is 3.87. The molecule has 2 aromatic heterocycles. The maximum Gasteiger partial charge on any atom is 0.348 e. The molecular weight excluding hydrogens is 328 g/mol. The van der Waals surface area contributed by atoms with Gasteiger partial charge in [0.15, 0.2) is 17.6 Å². The van der Waals surface area contributed by atoms with Gasteiger partial charge in [-0.2, -0.15) is 5.10 Å². The molecule has 0 amide bonds. The minimum absolute atomic E-state index is 0.151. The maximum atomic E-state index is 12.3. The predicted molar refractivity (Wildman–Crippen MR) is 90.0 cm³/mol. The molecule has 3 heterocycles. The van der Waals surface area contributed by atoms with Crippen molar-refractivity contribution in [1.82, 2.24) is 9.78 Å². The molecule has 7 heteroatoms. The van der Waals surface area contributed by atoms with Crippen LogP contribution in [0.15, 0.2) is 30.3 Å². The van der Waals surface area contributed by atoms with Crippen molar-refractivity contribution >= 4 is 27.5 Å².